The second kappa shape index (κ2) is 6.06. The Labute approximate surface area is 87.8 Å². The Morgan fingerprint density at radius 3 is 2.93 bits per heavy atom. The summed E-state index contributed by atoms with van der Waals surface area (Å²) in [7, 11) is 0. The summed E-state index contributed by atoms with van der Waals surface area (Å²) < 4.78 is 0. The lowest BCUT2D eigenvalue weighted by Crippen LogP contribution is -2.46. The minimum Gasteiger partial charge on any atom is -0.330 e. The van der Waals surface area contributed by atoms with Crippen molar-refractivity contribution in [2.75, 3.05) is 13.1 Å². The third-order valence-corrected chi connectivity index (χ3v) is 3.15. The Kier molecular flexibility index (Phi) is 5.00. The summed E-state index contributed by atoms with van der Waals surface area (Å²) in [4.78, 5) is 2.48. The van der Waals surface area contributed by atoms with Crippen molar-refractivity contribution in [1.29, 1.82) is 0 Å². The van der Waals surface area contributed by atoms with Crippen molar-refractivity contribution in [1.82, 2.24) is 4.90 Å². The van der Waals surface area contributed by atoms with Gasteiger partial charge in [0.25, 0.3) is 0 Å². The van der Waals surface area contributed by atoms with Crippen LogP contribution in [0.5, 0.6) is 0 Å². The van der Waals surface area contributed by atoms with E-state index in [1.165, 1.54) is 19.3 Å². The van der Waals surface area contributed by atoms with Gasteiger partial charge in [-0.3, -0.25) is 4.90 Å². The number of hydrogen-bond donors (Lipinski definition) is 1. The fourth-order valence-electron chi connectivity index (χ4n) is 2.38. The van der Waals surface area contributed by atoms with E-state index in [-0.39, 0.29) is 0 Å². The highest BCUT2D eigenvalue weighted by Crippen LogP contribution is 2.22. The zero-order valence-corrected chi connectivity index (χ0v) is 9.21. The summed E-state index contributed by atoms with van der Waals surface area (Å²) >= 11 is 0. The van der Waals surface area contributed by atoms with Crippen molar-refractivity contribution in [3.05, 3.63) is 0 Å². The second-order valence-electron chi connectivity index (χ2n) is 4.06. The molecule has 1 fully saturated rings. The van der Waals surface area contributed by atoms with Gasteiger partial charge in [-0.25, -0.2) is 0 Å². The molecule has 1 saturated heterocycles. The van der Waals surface area contributed by atoms with Crippen molar-refractivity contribution in [3.8, 4) is 12.3 Å². The van der Waals surface area contributed by atoms with Crippen molar-refractivity contribution in [3.63, 3.8) is 0 Å². The maximum Gasteiger partial charge on any atom is 0.0711 e. The number of likely N-dealkylation sites (tertiary alicyclic amines) is 1. The highest BCUT2D eigenvalue weighted by molar-refractivity contribution is 5.01. The molecule has 1 aliphatic heterocycles. The van der Waals surface area contributed by atoms with E-state index in [4.69, 9.17) is 12.2 Å². The SMILES string of the molecule is C#CC(CC)N1CCCCC1CCN. The average molecular weight is 194 g/mol. The summed E-state index contributed by atoms with van der Waals surface area (Å²) in [6, 6.07) is 0.960. The molecule has 14 heavy (non-hydrogen) atoms. The molecule has 0 aromatic heterocycles. The van der Waals surface area contributed by atoms with Gasteiger partial charge in [0, 0.05) is 6.04 Å². The van der Waals surface area contributed by atoms with Crippen LogP contribution in [0.2, 0.25) is 0 Å². The molecule has 80 valence electrons. The van der Waals surface area contributed by atoms with E-state index in [1.807, 2.05) is 0 Å². The lowest BCUT2D eigenvalue weighted by atomic mass is 9.96. The molecule has 2 heteroatoms. The Morgan fingerprint density at radius 1 is 1.57 bits per heavy atom. The molecule has 2 N–H and O–H groups in total. The van der Waals surface area contributed by atoms with Gasteiger partial charge in [0.1, 0.15) is 0 Å². The summed E-state index contributed by atoms with van der Waals surface area (Å²) in [6.07, 6.45) is 11.6. The van der Waals surface area contributed by atoms with E-state index in [2.05, 4.69) is 17.7 Å². The van der Waals surface area contributed by atoms with Crippen LogP contribution in [0.15, 0.2) is 0 Å². The molecule has 0 amide bonds. The minimum atomic E-state index is 0.326. The smallest absolute Gasteiger partial charge is 0.0711 e. The zero-order valence-electron chi connectivity index (χ0n) is 9.21. The van der Waals surface area contributed by atoms with Crippen LogP contribution in [0, 0.1) is 12.3 Å². The minimum absolute atomic E-state index is 0.326. The van der Waals surface area contributed by atoms with Gasteiger partial charge in [-0.2, -0.15) is 0 Å². The normalized spacial score (nSPS) is 25.6. The predicted molar refractivity (Wildman–Crippen MR) is 60.9 cm³/mol. The fourth-order valence-corrected chi connectivity index (χ4v) is 2.38. The summed E-state index contributed by atoms with van der Waals surface area (Å²) in [6.45, 7) is 4.11. The van der Waals surface area contributed by atoms with Gasteiger partial charge in [-0.05, 0) is 38.8 Å². The highest BCUT2D eigenvalue weighted by atomic mass is 15.2. The van der Waals surface area contributed by atoms with E-state index in [0.29, 0.717) is 12.1 Å². The number of hydrogen-bond acceptors (Lipinski definition) is 2. The Bertz CT molecular complexity index is 193. The van der Waals surface area contributed by atoms with E-state index in [1.54, 1.807) is 0 Å². The van der Waals surface area contributed by atoms with E-state index in [0.717, 1.165) is 25.9 Å². The molecule has 0 aromatic rings. The molecular formula is C12H22N2. The fraction of sp³-hybridized carbons (Fsp3) is 0.833. The van der Waals surface area contributed by atoms with E-state index >= 15 is 0 Å². The van der Waals surface area contributed by atoms with Gasteiger partial charge in [-0.1, -0.05) is 19.3 Å². The molecule has 0 radical (unpaired) electrons. The lowest BCUT2D eigenvalue weighted by molar-refractivity contribution is 0.114. The van der Waals surface area contributed by atoms with Crippen molar-refractivity contribution in [2.45, 2.75) is 51.1 Å². The van der Waals surface area contributed by atoms with Crippen LogP contribution >= 0.6 is 0 Å². The molecule has 0 spiro atoms. The maximum absolute atomic E-state index is 5.63. The van der Waals surface area contributed by atoms with Crippen molar-refractivity contribution < 1.29 is 0 Å². The van der Waals surface area contributed by atoms with Gasteiger partial charge < -0.3 is 5.73 Å². The molecule has 2 atom stereocenters. The predicted octanol–water partition coefficient (Wildman–Crippen LogP) is 1.60. The van der Waals surface area contributed by atoms with Gasteiger partial charge in [0.05, 0.1) is 6.04 Å². The van der Waals surface area contributed by atoms with Gasteiger partial charge >= 0.3 is 0 Å². The number of terminal acetylenes is 1. The highest BCUT2D eigenvalue weighted by Gasteiger charge is 2.25. The standard InChI is InChI=1S/C12H22N2/c1-3-11(4-2)14-10-6-5-7-12(14)8-9-13/h1,11-12H,4-10,13H2,2H3. The summed E-state index contributed by atoms with van der Waals surface area (Å²) in [5, 5.41) is 0. The molecular weight excluding hydrogens is 172 g/mol. The summed E-state index contributed by atoms with van der Waals surface area (Å²) in [5.41, 5.74) is 5.63. The van der Waals surface area contributed by atoms with Crippen molar-refractivity contribution >= 4 is 0 Å². The van der Waals surface area contributed by atoms with E-state index < -0.39 is 0 Å². The van der Waals surface area contributed by atoms with Gasteiger partial charge in [-0.15, -0.1) is 6.42 Å². The van der Waals surface area contributed by atoms with Crippen LogP contribution in [-0.4, -0.2) is 30.1 Å². The molecule has 0 aromatic carbocycles. The third kappa shape index (κ3) is 2.73. The van der Waals surface area contributed by atoms with Crippen LogP contribution in [0.3, 0.4) is 0 Å². The lowest BCUT2D eigenvalue weighted by Gasteiger charge is -2.39. The van der Waals surface area contributed by atoms with Crippen LogP contribution in [-0.2, 0) is 0 Å². The first-order chi connectivity index (χ1) is 6.83. The quantitative estimate of drug-likeness (QED) is 0.689. The molecule has 1 aliphatic rings. The van der Waals surface area contributed by atoms with Gasteiger partial charge in [0.15, 0.2) is 0 Å². The van der Waals surface area contributed by atoms with Crippen LogP contribution in [0.1, 0.15) is 39.0 Å². The third-order valence-electron chi connectivity index (χ3n) is 3.15. The van der Waals surface area contributed by atoms with Gasteiger partial charge in [0.2, 0.25) is 0 Å². The van der Waals surface area contributed by atoms with Crippen molar-refractivity contribution in [2.24, 2.45) is 5.73 Å². The molecule has 1 rings (SSSR count). The Hall–Kier alpha value is -0.520. The van der Waals surface area contributed by atoms with Crippen LogP contribution in [0.25, 0.3) is 0 Å². The number of nitrogens with zero attached hydrogens (tertiary/aromatic N) is 1. The average Bonchev–Trinajstić information content (AvgIpc) is 2.23. The monoisotopic (exact) mass is 194 g/mol. The first-order valence-corrected chi connectivity index (χ1v) is 5.75. The number of rotatable bonds is 4. The molecule has 0 aliphatic carbocycles. The first-order valence-electron chi connectivity index (χ1n) is 5.75. The molecule has 0 saturated carbocycles. The second-order valence-corrected chi connectivity index (χ2v) is 4.06. The Balaban J connectivity index is 2.57. The summed E-state index contributed by atoms with van der Waals surface area (Å²) in [5.74, 6) is 2.89. The number of nitrogens with two attached hydrogens (primary N) is 1. The molecule has 2 unspecified atom stereocenters. The van der Waals surface area contributed by atoms with Crippen LogP contribution < -0.4 is 5.73 Å². The zero-order chi connectivity index (χ0) is 10.4. The maximum atomic E-state index is 5.63. The number of piperidine rings is 1. The van der Waals surface area contributed by atoms with Crippen LogP contribution in [0.4, 0.5) is 0 Å². The van der Waals surface area contributed by atoms with E-state index in [9.17, 15) is 0 Å². The first kappa shape index (κ1) is 11.6. The molecule has 1 heterocycles. The largest absolute Gasteiger partial charge is 0.330 e. The molecule has 0 bridgehead atoms. The topological polar surface area (TPSA) is 29.3 Å². The molecule has 2 nitrogen and oxygen atoms in total. The Morgan fingerprint density at radius 2 is 2.36 bits per heavy atom.